The third-order valence-electron chi connectivity index (χ3n) is 6.51. The third-order valence-corrected chi connectivity index (χ3v) is 11.2. The van der Waals surface area contributed by atoms with Crippen molar-refractivity contribution in [3.63, 3.8) is 0 Å². The average Bonchev–Trinajstić information content (AvgIpc) is 3.74. The lowest BCUT2D eigenvalue weighted by atomic mass is 10.3. The Kier molecular flexibility index (Phi) is 11.9. The summed E-state index contributed by atoms with van der Waals surface area (Å²) in [7, 11) is 3.01. The van der Waals surface area contributed by atoms with Crippen LogP contribution in [0.2, 0.25) is 10.0 Å². The number of esters is 2. The first kappa shape index (κ1) is 35.6. The number of halogens is 2. The highest BCUT2D eigenvalue weighted by Crippen LogP contribution is 2.44. The summed E-state index contributed by atoms with van der Waals surface area (Å²) in [4.78, 5) is 37.8. The van der Waals surface area contributed by atoms with Crippen molar-refractivity contribution >= 4 is 90.8 Å². The minimum Gasteiger partial charge on any atom is -0.461 e. The first-order valence-corrected chi connectivity index (χ1v) is 19.5. The van der Waals surface area contributed by atoms with E-state index in [-0.39, 0.29) is 23.2 Å². The fourth-order valence-corrected chi connectivity index (χ4v) is 8.57. The van der Waals surface area contributed by atoms with Gasteiger partial charge < -0.3 is 9.47 Å². The van der Waals surface area contributed by atoms with E-state index in [0.29, 0.717) is 42.4 Å². The Morgan fingerprint density at radius 3 is 1.48 bits per heavy atom. The molecule has 0 spiro atoms. The lowest BCUT2D eigenvalue weighted by Gasteiger charge is -2.07. The van der Waals surface area contributed by atoms with Crippen molar-refractivity contribution in [3.05, 3.63) is 127 Å². The van der Waals surface area contributed by atoms with E-state index in [9.17, 15) is 9.59 Å². The predicted molar refractivity (Wildman–Crippen MR) is 200 cm³/mol. The molecule has 6 rings (SSSR count). The molecule has 0 aliphatic heterocycles. The van der Waals surface area contributed by atoms with Crippen LogP contribution in [0.5, 0.6) is 0 Å². The molecule has 0 bridgehead atoms. The normalized spacial score (nSPS) is 11.9. The van der Waals surface area contributed by atoms with Gasteiger partial charge in [-0.2, -0.15) is 0 Å². The van der Waals surface area contributed by atoms with E-state index in [1.54, 1.807) is 59.6 Å². The number of hydrogen-bond acceptors (Lipinski definition) is 12. The van der Waals surface area contributed by atoms with E-state index in [1.807, 2.05) is 60.7 Å². The van der Waals surface area contributed by atoms with Crippen LogP contribution in [0, 0.1) is 0 Å². The van der Waals surface area contributed by atoms with Gasteiger partial charge in [-0.05, 0) is 74.5 Å². The summed E-state index contributed by atoms with van der Waals surface area (Å²) in [6, 6.07) is 29.7. The fourth-order valence-electron chi connectivity index (χ4n) is 4.35. The van der Waals surface area contributed by atoms with Crippen LogP contribution in [-0.4, -0.2) is 44.7 Å². The lowest BCUT2D eigenvalue weighted by Crippen LogP contribution is -2.14. The quantitative estimate of drug-likeness (QED) is 0.0946. The maximum atomic E-state index is 12.6. The van der Waals surface area contributed by atoms with Gasteiger partial charge in [0, 0.05) is 19.8 Å². The van der Waals surface area contributed by atoms with Crippen LogP contribution in [-0.2, 0) is 9.47 Å². The largest absolute Gasteiger partial charge is 0.461 e. The highest BCUT2D eigenvalue weighted by atomic mass is 35.5. The standard InChI is InChI=1S/C34H26Cl2N6O4S4/c1-3-45-31(43)29-39-41(23-13-9-11-21(35)19-23)33(47-29)37-25-15-5-7-17-27(25)49-50-28-18-8-6-16-26(28)38-34-42(24-14-10-12-22(36)20-24)40-30(48-34)32(44)46-4-2/h5-20H,3-4H2,1-2H3. The summed E-state index contributed by atoms with van der Waals surface area (Å²) < 4.78 is 13.6. The van der Waals surface area contributed by atoms with Crippen molar-refractivity contribution in [1.82, 2.24) is 19.6 Å². The lowest BCUT2D eigenvalue weighted by molar-refractivity contribution is 0.0515. The molecule has 0 N–H and O–H groups in total. The molecule has 0 saturated carbocycles. The molecule has 0 atom stereocenters. The molecule has 2 heterocycles. The Bertz CT molecular complexity index is 2160. The molecular weight excluding hydrogens is 756 g/mol. The maximum absolute atomic E-state index is 12.6. The van der Waals surface area contributed by atoms with E-state index in [2.05, 4.69) is 10.2 Å². The minimum absolute atomic E-state index is 0.171. The van der Waals surface area contributed by atoms with Crippen molar-refractivity contribution in [3.8, 4) is 11.4 Å². The molecule has 254 valence electrons. The van der Waals surface area contributed by atoms with Gasteiger partial charge in [-0.1, -0.05) is 104 Å². The van der Waals surface area contributed by atoms with Gasteiger partial charge in [0.05, 0.1) is 36.0 Å². The van der Waals surface area contributed by atoms with Crippen LogP contribution >= 0.6 is 67.5 Å². The topological polar surface area (TPSA) is 113 Å². The van der Waals surface area contributed by atoms with Gasteiger partial charge in [0.2, 0.25) is 19.6 Å². The summed E-state index contributed by atoms with van der Waals surface area (Å²) in [6.07, 6.45) is 0. The van der Waals surface area contributed by atoms with E-state index in [4.69, 9.17) is 42.7 Å². The monoisotopic (exact) mass is 780 g/mol. The summed E-state index contributed by atoms with van der Waals surface area (Å²) in [5.74, 6) is -1.05. The summed E-state index contributed by atoms with van der Waals surface area (Å²) in [5, 5.41) is 10.4. The predicted octanol–water partition coefficient (Wildman–Crippen LogP) is 9.11. The zero-order valence-electron chi connectivity index (χ0n) is 26.4. The van der Waals surface area contributed by atoms with Crippen LogP contribution in [0.25, 0.3) is 11.4 Å². The molecule has 6 aromatic rings. The second-order valence-electron chi connectivity index (χ2n) is 9.93. The zero-order chi connectivity index (χ0) is 35.0. The van der Waals surface area contributed by atoms with E-state index >= 15 is 0 Å². The molecule has 0 fully saturated rings. The van der Waals surface area contributed by atoms with E-state index < -0.39 is 11.9 Å². The number of para-hydroxylation sites is 2. The number of aromatic nitrogens is 4. The van der Waals surface area contributed by atoms with Crippen molar-refractivity contribution in [2.24, 2.45) is 9.98 Å². The molecule has 4 aromatic carbocycles. The SMILES string of the molecule is CCOC(=O)c1nn(-c2cccc(Cl)c2)c(=Nc2ccccc2SSc2ccccc2N=c2sc(C(=O)OCC)nn2-c2cccc(Cl)c2)s1. The maximum Gasteiger partial charge on any atom is 0.369 e. The molecule has 2 aromatic heterocycles. The Morgan fingerprint density at radius 1 is 0.660 bits per heavy atom. The van der Waals surface area contributed by atoms with Crippen LogP contribution < -0.4 is 9.60 Å². The molecule has 0 aliphatic carbocycles. The van der Waals surface area contributed by atoms with Crippen molar-refractivity contribution in [1.29, 1.82) is 0 Å². The van der Waals surface area contributed by atoms with Crippen LogP contribution in [0.3, 0.4) is 0 Å². The van der Waals surface area contributed by atoms with Crippen molar-refractivity contribution in [2.45, 2.75) is 23.6 Å². The van der Waals surface area contributed by atoms with Gasteiger partial charge in [0.25, 0.3) is 0 Å². The highest BCUT2D eigenvalue weighted by molar-refractivity contribution is 8.76. The second-order valence-corrected chi connectivity index (χ2v) is 14.9. The molecule has 0 radical (unpaired) electrons. The highest BCUT2D eigenvalue weighted by Gasteiger charge is 2.18. The average molecular weight is 782 g/mol. The van der Waals surface area contributed by atoms with Gasteiger partial charge in [0.1, 0.15) is 0 Å². The van der Waals surface area contributed by atoms with E-state index in [0.717, 1.165) is 32.5 Å². The van der Waals surface area contributed by atoms with Gasteiger partial charge in [-0.15, -0.1) is 10.2 Å². The molecule has 16 heteroatoms. The molecule has 0 amide bonds. The molecule has 0 aliphatic rings. The van der Waals surface area contributed by atoms with Crippen LogP contribution in [0.15, 0.2) is 117 Å². The van der Waals surface area contributed by atoms with Crippen molar-refractivity contribution < 1.29 is 19.1 Å². The molecular formula is C34H26Cl2N6O4S4. The van der Waals surface area contributed by atoms with Gasteiger partial charge >= 0.3 is 11.9 Å². The number of carbonyl (C=O) groups is 2. The zero-order valence-corrected chi connectivity index (χ0v) is 31.1. The smallest absolute Gasteiger partial charge is 0.369 e. The first-order valence-electron chi connectivity index (χ1n) is 15.0. The number of carbonyl (C=O) groups excluding carboxylic acids is 2. The summed E-state index contributed by atoms with van der Waals surface area (Å²) in [6.45, 7) is 3.94. The number of rotatable bonds is 11. The van der Waals surface area contributed by atoms with Crippen LogP contribution in [0.4, 0.5) is 11.4 Å². The van der Waals surface area contributed by atoms with Gasteiger partial charge in [-0.25, -0.2) is 28.9 Å². The Labute approximate surface area is 312 Å². The first-order chi connectivity index (χ1) is 24.3. The van der Waals surface area contributed by atoms with Gasteiger partial charge in [0.15, 0.2) is 0 Å². The number of nitrogens with zero attached hydrogens (tertiary/aromatic N) is 6. The van der Waals surface area contributed by atoms with Crippen LogP contribution in [0.1, 0.15) is 33.5 Å². The third kappa shape index (κ3) is 8.57. The van der Waals surface area contributed by atoms with Crippen molar-refractivity contribution in [2.75, 3.05) is 13.2 Å². The number of ether oxygens (including phenoxy) is 2. The summed E-state index contributed by atoms with van der Waals surface area (Å²) >= 11 is 14.8. The number of benzene rings is 4. The second kappa shape index (κ2) is 16.7. The Balaban J connectivity index is 1.36. The van der Waals surface area contributed by atoms with Gasteiger partial charge in [-0.3, -0.25) is 0 Å². The molecule has 10 nitrogen and oxygen atoms in total. The Hall–Kier alpha value is -4.18. The fraction of sp³-hybridized carbons (Fsp3) is 0.118. The summed E-state index contributed by atoms with van der Waals surface area (Å²) in [5.41, 5.74) is 2.66. The molecule has 50 heavy (non-hydrogen) atoms. The number of hydrogen-bond donors (Lipinski definition) is 0. The molecule has 0 saturated heterocycles. The minimum atomic E-state index is -0.527. The van der Waals surface area contributed by atoms with E-state index in [1.165, 1.54) is 21.6 Å². The Morgan fingerprint density at radius 2 is 1.08 bits per heavy atom. The molecule has 0 unspecified atom stereocenters.